The Hall–Kier alpha value is -1.06. The molecule has 4 heteroatoms. The second kappa shape index (κ2) is 6.92. The fourth-order valence-electron chi connectivity index (χ4n) is 2.89. The zero-order chi connectivity index (χ0) is 14.5. The molecule has 0 aromatic rings. The topological polar surface area (TPSA) is 57.6 Å². The van der Waals surface area contributed by atoms with E-state index in [1.54, 1.807) is 4.90 Å². The van der Waals surface area contributed by atoms with Gasteiger partial charge in [0, 0.05) is 20.0 Å². The highest BCUT2D eigenvalue weighted by molar-refractivity contribution is 5.78. The predicted molar refractivity (Wildman–Crippen MR) is 74.9 cm³/mol. The van der Waals surface area contributed by atoms with E-state index in [1.807, 2.05) is 7.05 Å². The van der Waals surface area contributed by atoms with Crippen LogP contribution in [0.4, 0.5) is 0 Å². The first-order valence-corrected chi connectivity index (χ1v) is 7.30. The van der Waals surface area contributed by atoms with Gasteiger partial charge in [0.25, 0.3) is 0 Å². The van der Waals surface area contributed by atoms with Crippen LogP contribution >= 0.6 is 0 Å². The molecule has 1 N–H and O–H groups in total. The molecule has 1 aliphatic rings. The molecule has 0 saturated heterocycles. The summed E-state index contributed by atoms with van der Waals surface area (Å²) in [6, 6.07) is 0. The number of aliphatic carboxylic acids is 1. The van der Waals surface area contributed by atoms with E-state index in [-0.39, 0.29) is 17.7 Å². The molecule has 0 radical (unpaired) electrons. The van der Waals surface area contributed by atoms with Crippen LogP contribution in [0.25, 0.3) is 0 Å². The molecule has 4 nitrogen and oxygen atoms in total. The minimum absolute atomic E-state index is 0.101. The van der Waals surface area contributed by atoms with Crippen LogP contribution in [0.2, 0.25) is 0 Å². The minimum Gasteiger partial charge on any atom is -0.481 e. The third-order valence-electron chi connectivity index (χ3n) is 4.18. The number of carbonyl (C=O) groups is 2. The zero-order valence-corrected chi connectivity index (χ0v) is 12.4. The molecule has 0 heterocycles. The average molecular weight is 269 g/mol. The second-order valence-electron chi connectivity index (χ2n) is 6.45. The number of carbonyl (C=O) groups excluding carboxylic acids is 1. The Kier molecular flexibility index (Phi) is 5.83. The number of amides is 1. The first kappa shape index (κ1) is 16.0. The lowest BCUT2D eigenvalue weighted by molar-refractivity contribution is -0.141. The minimum atomic E-state index is -0.778. The van der Waals surface area contributed by atoms with Crippen LogP contribution in [0, 0.1) is 11.3 Å². The highest BCUT2D eigenvalue weighted by atomic mass is 16.4. The van der Waals surface area contributed by atoms with Gasteiger partial charge in [0.05, 0.1) is 6.42 Å². The number of rotatable bonds is 7. The number of carboxylic acids is 1. The van der Waals surface area contributed by atoms with Crippen LogP contribution in [-0.2, 0) is 9.59 Å². The van der Waals surface area contributed by atoms with Gasteiger partial charge >= 0.3 is 5.97 Å². The van der Waals surface area contributed by atoms with Crippen LogP contribution in [0.1, 0.15) is 58.8 Å². The molecule has 1 saturated carbocycles. The summed E-state index contributed by atoms with van der Waals surface area (Å²) in [5.41, 5.74) is -0.283. The Labute approximate surface area is 116 Å². The van der Waals surface area contributed by atoms with Crippen molar-refractivity contribution < 1.29 is 14.7 Å². The van der Waals surface area contributed by atoms with Crippen LogP contribution in [0.5, 0.6) is 0 Å². The van der Waals surface area contributed by atoms with Crippen molar-refractivity contribution in [1.29, 1.82) is 0 Å². The molecule has 1 aliphatic carbocycles. The number of hydrogen-bond donors (Lipinski definition) is 1. The van der Waals surface area contributed by atoms with Crippen molar-refractivity contribution in [3.8, 4) is 0 Å². The van der Waals surface area contributed by atoms with Gasteiger partial charge in [0.2, 0.25) is 5.91 Å². The van der Waals surface area contributed by atoms with E-state index in [2.05, 4.69) is 13.8 Å². The van der Waals surface area contributed by atoms with E-state index < -0.39 is 5.97 Å². The van der Waals surface area contributed by atoms with Crippen molar-refractivity contribution in [3.63, 3.8) is 0 Å². The van der Waals surface area contributed by atoms with Crippen molar-refractivity contribution in [1.82, 2.24) is 4.90 Å². The van der Waals surface area contributed by atoms with Gasteiger partial charge in [-0.05, 0) is 30.6 Å². The lowest BCUT2D eigenvalue weighted by atomic mass is 9.79. The maximum Gasteiger partial charge on any atom is 0.303 e. The van der Waals surface area contributed by atoms with Crippen molar-refractivity contribution in [2.24, 2.45) is 11.3 Å². The lowest BCUT2D eigenvalue weighted by Gasteiger charge is -2.29. The van der Waals surface area contributed by atoms with Gasteiger partial charge in [0.15, 0.2) is 0 Å². The van der Waals surface area contributed by atoms with Gasteiger partial charge in [-0.1, -0.05) is 26.7 Å². The van der Waals surface area contributed by atoms with Gasteiger partial charge in [-0.15, -0.1) is 0 Å². The summed E-state index contributed by atoms with van der Waals surface area (Å²) >= 11 is 0. The Morgan fingerprint density at radius 3 is 2.26 bits per heavy atom. The van der Waals surface area contributed by atoms with E-state index in [9.17, 15) is 9.59 Å². The molecule has 0 bridgehead atoms. The maximum absolute atomic E-state index is 12.2. The first-order chi connectivity index (χ1) is 8.84. The Balaban J connectivity index is 2.54. The molecule has 1 amide bonds. The second-order valence-corrected chi connectivity index (χ2v) is 6.45. The summed E-state index contributed by atoms with van der Waals surface area (Å²) in [6.07, 6.45) is 5.39. The van der Waals surface area contributed by atoms with Crippen molar-refractivity contribution in [2.75, 3.05) is 13.6 Å². The quantitative estimate of drug-likeness (QED) is 0.773. The highest BCUT2D eigenvalue weighted by Crippen LogP contribution is 2.44. The van der Waals surface area contributed by atoms with Gasteiger partial charge in [-0.3, -0.25) is 9.59 Å². The maximum atomic E-state index is 12.2. The number of nitrogens with zero attached hydrogens (tertiary/aromatic N) is 1. The Morgan fingerprint density at radius 1 is 1.21 bits per heavy atom. The smallest absolute Gasteiger partial charge is 0.303 e. The van der Waals surface area contributed by atoms with E-state index in [1.165, 1.54) is 0 Å². The monoisotopic (exact) mass is 269 g/mol. The third kappa shape index (κ3) is 5.21. The van der Waals surface area contributed by atoms with Crippen LogP contribution in [0.15, 0.2) is 0 Å². The van der Waals surface area contributed by atoms with E-state index in [4.69, 9.17) is 5.11 Å². The fraction of sp³-hybridized carbons (Fsp3) is 0.867. The molecule has 1 rings (SSSR count). The normalized spacial score (nSPS) is 17.7. The summed E-state index contributed by atoms with van der Waals surface area (Å²) in [5.74, 6) is -0.0990. The van der Waals surface area contributed by atoms with E-state index in [0.29, 0.717) is 12.3 Å². The lowest BCUT2D eigenvalue weighted by Crippen LogP contribution is -2.34. The predicted octanol–water partition coefficient (Wildman–Crippen LogP) is 2.92. The van der Waals surface area contributed by atoms with Crippen LogP contribution in [-0.4, -0.2) is 35.5 Å². The summed E-state index contributed by atoms with van der Waals surface area (Å²) < 4.78 is 0. The van der Waals surface area contributed by atoms with Crippen molar-refractivity contribution >= 4 is 11.9 Å². The molecule has 110 valence electrons. The molecule has 1 fully saturated rings. The Bertz CT molecular complexity index is 319. The first-order valence-electron chi connectivity index (χ1n) is 7.30. The van der Waals surface area contributed by atoms with Crippen LogP contribution in [0.3, 0.4) is 0 Å². The Morgan fingerprint density at radius 2 is 1.79 bits per heavy atom. The van der Waals surface area contributed by atoms with Gasteiger partial charge in [-0.2, -0.15) is 0 Å². The molecular weight excluding hydrogens is 242 g/mol. The van der Waals surface area contributed by atoms with Gasteiger partial charge < -0.3 is 10.0 Å². The molecule has 0 unspecified atom stereocenters. The van der Waals surface area contributed by atoms with Gasteiger partial charge in [-0.25, -0.2) is 0 Å². The zero-order valence-electron chi connectivity index (χ0n) is 12.4. The number of carboxylic acid groups (broad SMARTS) is 1. The molecular formula is C15H27NO3. The number of hydrogen-bond acceptors (Lipinski definition) is 2. The molecule has 0 aromatic heterocycles. The molecule has 0 aromatic carbocycles. The summed E-state index contributed by atoms with van der Waals surface area (Å²) in [4.78, 5) is 25.0. The largest absolute Gasteiger partial charge is 0.481 e. The summed E-state index contributed by atoms with van der Waals surface area (Å²) in [7, 11) is 1.83. The summed E-state index contributed by atoms with van der Waals surface area (Å²) in [5, 5.41) is 9.04. The van der Waals surface area contributed by atoms with E-state index >= 15 is 0 Å². The molecule has 0 atom stereocenters. The van der Waals surface area contributed by atoms with Crippen molar-refractivity contribution in [2.45, 2.75) is 58.8 Å². The van der Waals surface area contributed by atoms with Gasteiger partial charge in [0.1, 0.15) is 0 Å². The molecule has 0 spiro atoms. The highest BCUT2D eigenvalue weighted by Gasteiger charge is 2.38. The SMILES string of the molecule is CC(C)CCN(C)C(=O)CC1(CC(=O)O)CCCC1. The standard InChI is InChI=1S/C15H27NO3/c1-12(2)6-9-16(3)13(17)10-15(11-14(18)19)7-4-5-8-15/h12H,4-11H2,1-3H3,(H,18,19). The average Bonchev–Trinajstić information content (AvgIpc) is 2.72. The third-order valence-corrected chi connectivity index (χ3v) is 4.18. The van der Waals surface area contributed by atoms with Crippen LogP contribution < -0.4 is 0 Å². The van der Waals surface area contributed by atoms with E-state index in [0.717, 1.165) is 38.6 Å². The van der Waals surface area contributed by atoms with Crippen molar-refractivity contribution in [3.05, 3.63) is 0 Å². The summed E-state index contributed by atoms with van der Waals surface area (Å²) in [6.45, 7) is 5.04. The molecule has 0 aliphatic heterocycles. The molecule has 19 heavy (non-hydrogen) atoms. The fourth-order valence-corrected chi connectivity index (χ4v) is 2.89.